The largest absolute Gasteiger partial charge is 0.444 e. The molecule has 0 aliphatic carbocycles. The Balaban J connectivity index is 1.60. The maximum absolute atomic E-state index is 13.0. The van der Waals surface area contributed by atoms with E-state index in [4.69, 9.17) is 9.47 Å². The van der Waals surface area contributed by atoms with Crippen molar-refractivity contribution in [3.8, 4) is 11.6 Å². The van der Waals surface area contributed by atoms with Crippen molar-refractivity contribution in [1.82, 2.24) is 14.9 Å². The van der Waals surface area contributed by atoms with Gasteiger partial charge in [-0.1, -0.05) is 0 Å². The first-order valence-corrected chi connectivity index (χ1v) is 8.78. The zero-order chi connectivity index (χ0) is 19.4. The summed E-state index contributed by atoms with van der Waals surface area (Å²) in [6, 6.07) is 7.46. The molecule has 7 nitrogen and oxygen atoms in total. The van der Waals surface area contributed by atoms with E-state index in [-0.39, 0.29) is 11.9 Å². The Morgan fingerprint density at radius 2 is 1.74 bits per heavy atom. The molecule has 0 saturated carbocycles. The Hall–Kier alpha value is -2.90. The highest BCUT2D eigenvalue weighted by Gasteiger charge is 2.26. The molecule has 0 radical (unpaired) electrons. The van der Waals surface area contributed by atoms with E-state index in [1.165, 1.54) is 30.6 Å². The van der Waals surface area contributed by atoms with Gasteiger partial charge in [0.05, 0.1) is 0 Å². The number of anilines is 1. The smallest absolute Gasteiger partial charge is 0.410 e. The predicted octanol–water partition coefficient (Wildman–Crippen LogP) is 3.47. The molecule has 1 fully saturated rings. The molecule has 1 aliphatic rings. The highest BCUT2D eigenvalue weighted by Crippen LogP contribution is 2.23. The van der Waals surface area contributed by atoms with Gasteiger partial charge in [0.25, 0.3) is 0 Å². The predicted molar refractivity (Wildman–Crippen MR) is 98.5 cm³/mol. The standard InChI is InChI=1S/C19H23FN4O3/c1-19(2,3)27-18(25)24-10-8-23(9-11-24)16-12-17(22-13-21-16)26-15-6-4-14(20)5-7-15/h4-7,12-13H,8-11H2,1-3H3. The van der Waals surface area contributed by atoms with Crippen LogP contribution in [-0.2, 0) is 4.74 Å². The SMILES string of the molecule is CC(C)(C)OC(=O)N1CCN(c2cc(Oc3ccc(F)cc3)ncn2)CC1. The molecular weight excluding hydrogens is 351 g/mol. The lowest BCUT2D eigenvalue weighted by atomic mass is 10.2. The van der Waals surface area contributed by atoms with E-state index in [1.54, 1.807) is 11.0 Å². The zero-order valence-corrected chi connectivity index (χ0v) is 15.7. The molecule has 1 aromatic carbocycles. The van der Waals surface area contributed by atoms with E-state index in [9.17, 15) is 9.18 Å². The van der Waals surface area contributed by atoms with Crippen LogP contribution in [0.15, 0.2) is 36.7 Å². The molecule has 0 spiro atoms. The van der Waals surface area contributed by atoms with Crippen molar-refractivity contribution in [2.45, 2.75) is 26.4 Å². The first kappa shape index (κ1) is 18.9. The highest BCUT2D eigenvalue weighted by molar-refractivity contribution is 5.68. The second-order valence-electron chi connectivity index (χ2n) is 7.22. The zero-order valence-electron chi connectivity index (χ0n) is 15.7. The summed E-state index contributed by atoms with van der Waals surface area (Å²) in [6.07, 6.45) is 1.12. The Morgan fingerprint density at radius 3 is 2.37 bits per heavy atom. The van der Waals surface area contributed by atoms with E-state index in [2.05, 4.69) is 14.9 Å². The van der Waals surface area contributed by atoms with Crippen LogP contribution in [0.5, 0.6) is 11.6 Å². The fourth-order valence-corrected chi connectivity index (χ4v) is 2.63. The van der Waals surface area contributed by atoms with Crippen LogP contribution < -0.4 is 9.64 Å². The van der Waals surface area contributed by atoms with Crippen LogP contribution in [0.1, 0.15) is 20.8 Å². The normalized spacial score (nSPS) is 14.8. The summed E-state index contributed by atoms with van der Waals surface area (Å²) in [5.74, 6) is 1.26. The van der Waals surface area contributed by atoms with E-state index in [1.807, 2.05) is 20.8 Å². The van der Waals surface area contributed by atoms with Gasteiger partial charge in [-0.15, -0.1) is 0 Å². The average molecular weight is 374 g/mol. The lowest BCUT2D eigenvalue weighted by Gasteiger charge is -2.36. The van der Waals surface area contributed by atoms with Crippen molar-refractivity contribution in [3.05, 3.63) is 42.5 Å². The fourth-order valence-electron chi connectivity index (χ4n) is 2.63. The summed E-state index contributed by atoms with van der Waals surface area (Å²) in [5.41, 5.74) is -0.506. The molecule has 27 heavy (non-hydrogen) atoms. The van der Waals surface area contributed by atoms with Gasteiger partial charge in [0.15, 0.2) is 0 Å². The van der Waals surface area contributed by atoms with E-state index in [0.29, 0.717) is 43.6 Å². The van der Waals surface area contributed by atoms with Crippen molar-refractivity contribution >= 4 is 11.9 Å². The summed E-state index contributed by atoms with van der Waals surface area (Å²) in [7, 11) is 0. The number of hydrogen-bond acceptors (Lipinski definition) is 6. The van der Waals surface area contributed by atoms with Crippen LogP contribution in [0.3, 0.4) is 0 Å². The molecule has 0 atom stereocenters. The van der Waals surface area contributed by atoms with E-state index >= 15 is 0 Å². The van der Waals surface area contributed by atoms with E-state index < -0.39 is 5.60 Å². The van der Waals surface area contributed by atoms with Gasteiger partial charge in [-0.25, -0.2) is 19.2 Å². The van der Waals surface area contributed by atoms with Gasteiger partial charge in [-0.2, -0.15) is 0 Å². The summed E-state index contributed by atoms with van der Waals surface area (Å²) in [5, 5.41) is 0. The Kier molecular flexibility index (Phi) is 5.43. The second kappa shape index (κ2) is 7.77. The number of benzene rings is 1. The molecule has 8 heteroatoms. The maximum atomic E-state index is 13.0. The first-order valence-electron chi connectivity index (χ1n) is 8.78. The number of amides is 1. The van der Waals surface area contributed by atoms with Crippen LogP contribution >= 0.6 is 0 Å². The van der Waals surface area contributed by atoms with Crippen LogP contribution in [0.4, 0.5) is 15.0 Å². The van der Waals surface area contributed by atoms with Gasteiger partial charge in [-0.3, -0.25) is 0 Å². The number of carbonyl (C=O) groups is 1. The lowest BCUT2D eigenvalue weighted by molar-refractivity contribution is 0.0240. The third kappa shape index (κ3) is 5.29. The maximum Gasteiger partial charge on any atom is 0.410 e. The summed E-state index contributed by atoms with van der Waals surface area (Å²) in [4.78, 5) is 24.3. The molecule has 144 valence electrons. The fraction of sp³-hybridized carbons (Fsp3) is 0.421. The number of ether oxygens (including phenoxy) is 2. The number of piperazine rings is 1. The van der Waals surface area contributed by atoms with Crippen molar-refractivity contribution < 1.29 is 18.7 Å². The first-order chi connectivity index (χ1) is 12.8. The quantitative estimate of drug-likeness (QED) is 0.820. The highest BCUT2D eigenvalue weighted by atomic mass is 19.1. The second-order valence-corrected chi connectivity index (χ2v) is 7.22. The number of aromatic nitrogens is 2. The molecule has 0 unspecified atom stereocenters. The van der Waals surface area contributed by atoms with Crippen LogP contribution in [0.2, 0.25) is 0 Å². The molecule has 1 saturated heterocycles. The molecule has 3 rings (SSSR count). The van der Waals surface area contributed by atoms with Crippen LogP contribution in [-0.4, -0.2) is 52.7 Å². The molecule has 1 aromatic heterocycles. The summed E-state index contributed by atoms with van der Waals surface area (Å²) >= 11 is 0. The summed E-state index contributed by atoms with van der Waals surface area (Å²) < 4.78 is 24.0. The molecule has 1 aliphatic heterocycles. The van der Waals surface area contributed by atoms with Crippen molar-refractivity contribution in [2.75, 3.05) is 31.1 Å². The number of rotatable bonds is 3. The van der Waals surface area contributed by atoms with Crippen LogP contribution in [0, 0.1) is 5.82 Å². The summed E-state index contributed by atoms with van der Waals surface area (Å²) in [6.45, 7) is 7.92. The number of hydrogen-bond donors (Lipinski definition) is 0. The van der Waals surface area contributed by atoms with E-state index in [0.717, 1.165) is 0 Å². The van der Waals surface area contributed by atoms with Crippen molar-refractivity contribution in [3.63, 3.8) is 0 Å². The monoisotopic (exact) mass is 374 g/mol. The Morgan fingerprint density at radius 1 is 1.07 bits per heavy atom. The number of halogens is 1. The molecule has 0 bridgehead atoms. The molecule has 1 amide bonds. The van der Waals surface area contributed by atoms with Gasteiger partial charge < -0.3 is 19.3 Å². The Bertz CT molecular complexity index is 784. The van der Waals surface area contributed by atoms with Crippen molar-refractivity contribution in [1.29, 1.82) is 0 Å². The minimum atomic E-state index is -0.506. The topological polar surface area (TPSA) is 67.8 Å². The average Bonchev–Trinajstić information content (AvgIpc) is 2.63. The van der Waals surface area contributed by atoms with Gasteiger partial charge >= 0.3 is 6.09 Å². The molecule has 0 N–H and O–H groups in total. The molecule has 2 aromatic rings. The van der Waals surface area contributed by atoms with Crippen LogP contribution in [0.25, 0.3) is 0 Å². The molecule has 2 heterocycles. The van der Waals surface area contributed by atoms with Crippen molar-refractivity contribution in [2.24, 2.45) is 0 Å². The van der Waals surface area contributed by atoms with Gasteiger partial charge in [0.2, 0.25) is 5.88 Å². The van der Waals surface area contributed by atoms with Gasteiger partial charge in [0.1, 0.15) is 29.3 Å². The number of carbonyl (C=O) groups excluding carboxylic acids is 1. The van der Waals surface area contributed by atoms with Gasteiger partial charge in [0, 0.05) is 32.2 Å². The third-order valence-corrected chi connectivity index (χ3v) is 3.92. The third-order valence-electron chi connectivity index (χ3n) is 3.92. The Labute approximate surface area is 157 Å². The minimum absolute atomic E-state index is 0.301. The lowest BCUT2D eigenvalue weighted by Crippen LogP contribution is -2.50. The number of nitrogens with zero attached hydrogens (tertiary/aromatic N) is 4. The molecular formula is C19H23FN4O3. The van der Waals surface area contributed by atoms with Gasteiger partial charge in [-0.05, 0) is 45.0 Å². The minimum Gasteiger partial charge on any atom is -0.444 e.